The molecule has 496 valence electrons. The van der Waals surface area contributed by atoms with E-state index in [0.717, 1.165) is 12.8 Å². The van der Waals surface area contributed by atoms with Crippen LogP contribution in [0.4, 0.5) is 0 Å². The zero-order valence-corrected chi connectivity index (χ0v) is 51.6. The van der Waals surface area contributed by atoms with Gasteiger partial charge in [0.2, 0.25) is 65.0 Å². The molecule has 13 atom stereocenters. The summed E-state index contributed by atoms with van der Waals surface area (Å²) in [4.78, 5) is 153. The van der Waals surface area contributed by atoms with E-state index in [2.05, 4.69) is 65.4 Å². The van der Waals surface area contributed by atoms with Crippen molar-refractivity contribution in [1.82, 2.24) is 58.5 Å². The van der Waals surface area contributed by atoms with Crippen molar-refractivity contribution in [1.29, 1.82) is 0 Å². The molecule has 1 saturated heterocycles. The summed E-state index contributed by atoms with van der Waals surface area (Å²) in [5.74, 6) is -9.60. The van der Waals surface area contributed by atoms with Gasteiger partial charge in [-0.15, -0.1) is 0 Å². The van der Waals surface area contributed by atoms with Gasteiger partial charge in [-0.05, 0) is 122 Å². The summed E-state index contributed by atoms with van der Waals surface area (Å²) < 4.78 is 31.6. The predicted molar refractivity (Wildman–Crippen MR) is 315 cm³/mol. The van der Waals surface area contributed by atoms with Crippen LogP contribution in [0.15, 0.2) is 0 Å². The number of nitrogens with one attached hydrogen (secondary N) is 11. The number of nitrogens with two attached hydrogens (primary N) is 5. The highest BCUT2D eigenvalue weighted by Crippen LogP contribution is 2.13. The summed E-state index contributed by atoms with van der Waals surface area (Å²) in [6.45, 7) is 12.5. The average molecular weight is 1250 g/mol. The van der Waals surface area contributed by atoms with Crippen molar-refractivity contribution in [3.63, 3.8) is 0 Å². The highest BCUT2D eigenvalue weighted by atomic mass is 32.3. The van der Waals surface area contributed by atoms with Gasteiger partial charge in [-0.3, -0.25) is 61.8 Å². The van der Waals surface area contributed by atoms with Crippen molar-refractivity contribution in [2.75, 3.05) is 39.3 Å². The van der Waals surface area contributed by atoms with Crippen LogP contribution in [-0.2, 0) is 63.1 Å². The van der Waals surface area contributed by atoms with Gasteiger partial charge >= 0.3 is 10.4 Å². The topological polar surface area (TPSA) is 565 Å². The highest BCUT2D eigenvalue weighted by molar-refractivity contribution is 7.79. The lowest BCUT2D eigenvalue weighted by Crippen LogP contribution is -2.62. The zero-order valence-electron chi connectivity index (χ0n) is 50.8. The number of hydrogen-bond donors (Lipinski definition) is 20. The Balaban J connectivity index is 0.0000138. The van der Waals surface area contributed by atoms with E-state index >= 15 is 0 Å². The zero-order chi connectivity index (χ0) is 66.0. The van der Waals surface area contributed by atoms with Crippen LogP contribution in [0, 0.1) is 17.8 Å². The summed E-state index contributed by atoms with van der Waals surface area (Å²) in [6, 6.07) is -14.5. The molecular weight excluding hydrogens is 1150 g/mol. The Morgan fingerprint density at radius 2 is 0.953 bits per heavy atom. The number of carbonyl (C=O) groups excluding carboxylic acids is 11. The van der Waals surface area contributed by atoms with Gasteiger partial charge in [0.25, 0.3) is 0 Å². The molecule has 11 amide bonds. The maximum Gasteiger partial charge on any atom is 0.394 e. The molecule has 0 aromatic heterocycles. The first-order chi connectivity index (χ1) is 40.2. The second-order valence-corrected chi connectivity index (χ2v) is 23.0. The third-order valence-electron chi connectivity index (χ3n) is 13.4. The van der Waals surface area contributed by atoms with Gasteiger partial charge in [-0.1, -0.05) is 54.4 Å². The molecule has 34 heteroatoms. The van der Waals surface area contributed by atoms with Gasteiger partial charge in [-0.2, -0.15) is 8.42 Å². The molecule has 86 heavy (non-hydrogen) atoms. The third kappa shape index (κ3) is 32.5. The van der Waals surface area contributed by atoms with Crippen LogP contribution in [-0.4, -0.2) is 205 Å². The lowest BCUT2D eigenvalue weighted by Gasteiger charge is -2.29. The number of carbonyl (C=O) groups is 11. The highest BCUT2D eigenvalue weighted by Gasteiger charge is 2.37. The SMILES string of the molecule is CC[C@H](C)CCCC(=O)N[C@@H](CCN)C(=O)N[C@H](C(=O)N[C@@H](CCN)C(=O)N[C@H]1CCNC(=O)[C@H]([C@@H](C)O)NC(=O)[C@H](CCN)NC(=O)[C@H](CCN)NC(=O)[C@H](CC(C)C)NC(=O)[C@@H](CC(C)C)NC(=O)[C@@H](CCN)NC1=O)[C@@H](C)O.O=S(=O)(O)O. The minimum Gasteiger partial charge on any atom is -0.391 e. The van der Waals surface area contributed by atoms with Gasteiger partial charge in [0.1, 0.15) is 60.4 Å². The van der Waals surface area contributed by atoms with Crippen LogP contribution in [0.25, 0.3) is 0 Å². The Labute approximate surface area is 503 Å². The summed E-state index contributed by atoms with van der Waals surface area (Å²) in [5, 5.41) is 49.5. The van der Waals surface area contributed by atoms with Crippen molar-refractivity contribution in [2.45, 2.75) is 205 Å². The van der Waals surface area contributed by atoms with Gasteiger partial charge in [-0.25, -0.2) is 0 Å². The fourth-order valence-corrected chi connectivity index (χ4v) is 8.60. The molecule has 0 aliphatic carbocycles. The van der Waals surface area contributed by atoms with Crippen molar-refractivity contribution >= 4 is 75.4 Å². The first-order valence-corrected chi connectivity index (χ1v) is 30.4. The minimum absolute atomic E-state index is 0.0146. The van der Waals surface area contributed by atoms with Crippen LogP contribution < -0.4 is 87.2 Å². The van der Waals surface area contributed by atoms with Gasteiger partial charge in [0.15, 0.2) is 0 Å². The summed E-state index contributed by atoms with van der Waals surface area (Å²) in [7, 11) is -4.67. The van der Waals surface area contributed by atoms with E-state index < -0.39 is 161 Å². The maximum atomic E-state index is 14.4. The molecule has 1 heterocycles. The largest absolute Gasteiger partial charge is 0.394 e. The van der Waals surface area contributed by atoms with E-state index in [0.29, 0.717) is 12.3 Å². The first-order valence-electron chi connectivity index (χ1n) is 29.0. The van der Waals surface area contributed by atoms with Gasteiger partial charge in [0.05, 0.1) is 12.2 Å². The minimum atomic E-state index is -4.67. The molecule has 0 saturated carbocycles. The Morgan fingerprint density at radius 1 is 0.547 bits per heavy atom. The van der Waals surface area contributed by atoms with E-state index in [-0.39, 0.29) is 95.9 Å². The molecule has 0 bridgehead atoms. The fourth-order valence-electron chi connectivity index (χ4n) is 8.60. The van der Waals surface area contributed by atoms with E-state index in [1.807, 2.05) is 6.92 Å². The number of aliphatic hydroxyl groups is 2. The summed E-state index contributed by atoms with van der Waals surface area (Å²) >= 11 is 0. The first kappa shape index (κ1) is 79.8. The monoisotopic (exact) mass is 1250 g/mol. The van der Waals surface area contributed by atoms with Crippen LogP contribution in [0.1, 0.15) is 132 Å². The Kier molecular flexibility index (Phi) is 38.8. The molecule has 1 fully saturated rings. The smallest absolute Gasteiger partial charge is 0.391 e. The van der Waals surface area contributed by atoms with E-state index in [4.69, 9.17) is 46.2 Å². The molecule has 1 aliphatic heterocycles. The Bertz CT molecular complexity index is 2290. The molecule has 0 aromatic rings. The van der Waals surface area contributed by atoms with Crippen LogP contribution in [0.2, 0.25) is 0 Å². The summed E-state index contributed by atoms with van der Waals surface area (Å²) in [5.41, 5.74) is 29.2. The molecule has 1 rings (SSSR count). The van der Waals surface area contributed by atoms with Crippen LogP contribution >= 0.6 is 0 Å². The normalized spacial score (nSPS) is 22.9. The number of hydrogen-bond acceptors (Lipinski definition) is 20. The quantitative estimate of drug-likeness (QED) is 0.0324. The number of amides is 11. The van der Waals surface area contributed by atoms with E-state index in [1.54, 1.807) is 27.7 Å². The standard InChI is InChI=1S/C52H98N16O13.H2O4S/c1-9-29(6)11-10-12-40(71)59-32(13-19-53)47(76)68-42(31(8)70)52(81)64-35(16-22-56)44(73)63-37-18-24-58-51(80)41(30(7)69)67-48(77)36(17-23-57)61-43(72)33(14-20-54)62-49(78)38(25-27(2)3)66-50(79)39(26-28(4)5)65-45(74)34(15-21-55)60-46(37)75;1-5(2,3)4/h27-39,41-42,69-70H,9-26,53-57H2,1-8H3,(H,58,80)(H,59,71)(H,60,75)(H,61,72)(H,62,78)(H,63,73)(H,64,81)(H,65,74)(H,66,79)(H,67,77)(H,68,76);(H2,1,2,3,4)/t29-,30+,31+,32-,33-,34+,35-,36-,37-,38-,39+,41-,42-;/m0./s1. The third-order valence-corrected chi connectivity index (χ3v) is 13.4. The average Bonchev–Trinajstić information content (AvgIpc) is 3.51. The molecule has 33 nitrogen and oxygen atoms in total. The lowest BCUT2D eigenvalue weighted by atomic mass is 9.99. The Morgan fingerprint density at radius 3 is 1.35 bits per heavy atom. The van der Waals surface area contributed by atoms with Gasteiger partial charge < -0.3 is 97.4 Å². The van der Waals surface area contributed by atoms with Crippen molar-refractivity contribution in [3.05, 3.63) is 0 Å². The van der Waals surface area contributed by atoms with E-state index in [9.17, 15) is 63.0 Å². The predicted octanol–water partition coefficient (Wildman–Crippen LogP) is -6.48. The van der Waals surface area contributed by atoms with Crippen molar-refractivity contribution in [3.8, 4) is 0 Å². The molecule has 25 N–H and O–H groups in total. The molecular formula is C52H100N16O17S. The van der Waals surface area contributed by atoms with Crippen LogP contribution in [0.5, 0.6) is 0 Å². The fraction of sp³-hybridized carbons (Fsp3) is 0.788. The van der Waals surface area contributed by atoms with Crippen LogP contribution in [0.3, 0.4) is 0 Å². The lowest BCUT2D eigenvalue weighted by molar-refractivity contribution is -0.137. The number of rotatable bonds is 28. The Hall–Kier alpha value is -6.24. The molecule has 1 aliphatic rings. The molecule has 0 radical (unpaired) electrons. The molecule has 0 aromatic carbocycles. The van der Waals surface area contributed by atoms with Crippen molar-refractivity contribution < 1.29 is 80.5 Å². The van der Waals surface area contributed by atoms with Gasteiger partial charge in [0, 0.05) is 13.0 Å². The number of aliphatic hydroxyl groups excluding tert-OH is 2. The second-order valence-electron chi connectivity index (χ2n) is 22.1. The summed E-state index contributed by atoms with van der Waals surface area (Å²) in [6.07, 6.45) is -1.79. The molecule has 0 unspecified atom stereocenters. The van der Waals surface area contributed by atoms with E-state index in [1.165, 1.54) is 13.8 Å². The van der Waals surface area contributed by atoms with Crippen molar-refractivity contribution in [2.24, 2.45) is 46.4 Å². The molecule has 0 spiro atoms. The second kappa shape index (κ2) is 41.8. The maximum absolute atomic E-state index is 14.4.